The summed E-state index contributed by atoms with van der Waals surface area (Å²) < 4.78 is 39.0. The van der Waals surface area contributed by atoms with E-state index in [0.29, 0.717) is 12.8 Å². The van der Waals surface area contributed by atoms with Crippen LogP contribution in [0.15, 0.2) is 30.3 Å². The molecule has 0 unspecified atom stereocenters. The van der Waals surface area contributed by atoms with Crippen LogP contribution in [0.2, 0.25) is 0 Å². The first-order valence-electron chi connectivity index (χ1n) is 8.97. The number of halogens is 2. The number of aryl methyl sites for hydroxylation is 1. The number of ether oxygens (including phenoxy) is 2. The molecule has 1 saturated heterocycles. The van der Waals surface area contributed by atoms with Gasteiger partial charge >= 0.3 is 0 Å². The van der Waals surface area contributed by atoms with Gasteiger partial charge in [0.2, 0.25) is 5.82 Å². The third-order valence-electron chi connectivity index (χ3n) is 5.05. The molecule has 0 saturated carbocycles. The van der Waals surface area contributed by atoms with E-state index in [4.69, 9.17) is 9.47 Å². The molecule has 1 aliphatic rings. The Morgan fingerprint density at radius 2 is 1.89 bits per heavy atom. The molecule has 0 bridgehead atoms. The summed E-state index contributed by atoms with van der Waals surface area (Å²) in [4.78, 5) is 0. The lowest BCUT2D eigenvalue weighted by Gasteiger charge is -2.32. The molecule has 2 N–H and O–H groups in total. The molecule has 6 heteroatoms. The highest BCUT2D eigenvalue weighted by Crippen LogP contribution is 2.33. The summed E-state index contributed by atoms with van der Waals surface area (Å²) in [5, 5.41) is 19.4. The Hall–Kier alpha value is -2.02. The maximum atomic E-state index is 14.3. The van der Waals surface area contributed by atoms with E-state index in [2.05, 4.69) is 0 Å². The Labute approximate surface area is 157 Å². The molecule has 0 amide bonds. The van der Waals surface area contributed by atoms with Crippen molar-refractivity contribution in [1.29, 1.82) is 0 Å². The molecule has 3 rings (SSSR count). The van der Waals surface area contributed by atoms with E-state index in [0.717, 1.165) is 16.7 Å². The highest BCUT2D eigenvalue weighted by atomic mass is 19.2. The van der Waals surface area contributed by atoms with Crippen molar-refractivity contribution < 1.29 is 28.5 Å². The van der Waals surface area contributed by atoms with Crippen LogP contribution in [0.25, 0.3) is 0 Å². The minimum Gasteiger partial charge on any atom is -0.494 e. The molecule has 0 radical (unpaired) electrons. The van der Waals surface area contributed by atoms with Crippen molar-refractivity contribution in [2.75, 3.05) is 13.7 Å². The van der Waals surface area contributed by atoms with Gasteiger partial charge in [-0.3, -0.25) is 0 Å². The van der Waals surface area contributed by atoms with Crippen LogP contribution in [-0.4, -0.2) is 36.1 Å². The van der Waals surface area contributed by atoms with Crippen LogP contribution in [0.3, 0.4) is 0 Å². The van der Waals surface area contributed by atoms with Crippen molar-refractivity contribution in [3.05, 3.63) is 64.2 Å². The molecular formula is C21H24F2O4. The monoisotopic (exact) mass is 378 g/mol. The van der Waals surface area contributed by atoms with E-state index in [9.17, 15) is 19.0 Å². The normalized spacial score (nSPS) is 22.7. The van der Waals surface area contributed by atoms with Gasteiger partial charge in [0.1, 0.15) is 0 Å². The van der Waals surface area contributed by atoms with Gasteiger partial charge in [-0.2, -0.15) is 4.39 Å². The summed E-state index contributed by atoms with van der Waals surface area (Å²) in [5.74, 6) is -2.03. The van der Waals surface area contributed by atoms with Gasteiger partial charge in [0.15, 0.2) is 11.6 Å². The zero-order chi connectivity index (χ0) is 19.6. The number of hydrogen-bond acceptors (Lipinski definition) is 4. The smallest absolute Gasteiger partial charge is 0.200 e. The maximum absolute atomic E-state index is 14.3. The molecule has 0 spiro atoms. The second-order valence-electron chi connectivity index (χ2n) is 6.97. The average Bonchev–Trinajstić information content (AvgIpc) is 2.66. The van der Waals surface area contributed by atoms with Gasteiger partial charge in [-0.15, -0.1) is 0 Å². The summed E-state index contributed by atoms with van der Waals surface area (Å²) in [5.41, 5.74) is 2.89. The Bertz CT molecular complexity index is 809. The molecule has 1 aliphatic heterocycles. The van der Waals surface area contributed by atoms with Crippen LogP contribution in [0, 0.1) is 18.6 Å². The van der Waals surface area contributed by atoms with Crippen LogP contribution in [0.5, 0.6) is 5.75 Å². The van der Waals surface area contributed by atoms with Gasteiger partial charge in [0, 0.05) is 19.3 Å². The van der Waals surface area contributed by atoms with Gasteiger partial charge in [0.05, 0.1) is 32.0 Å². The fraction of sp³-hybridized carbons (Fsp3) is 0.429. The van der Waals surface area contributed by atoms with Crippen LogP contribution < -0.4 is 4.74 Å². The van der Waals surface area contributed by atoms with Crippen molar-refractivity contribution in [2.45, 2.75) is 44.5 Å². The Balaban J connectivity index is 1.87. The average molecular weight is 378 g/mol. The van der Waals surface area contributed by atoms with Crippen molar-refractivity contribution >= 4 is 0 Å². The Kier molecular flexibility index (Phi) is 6.09. The zero-order valence-corrected chi connectivity index (χ0v) is 15.4. The summed E-state index contributed by atoms with van der Waals surface area (Å²) in [6.45, 7) is 1.76. The van der Waals surface area contributed by atoms with E-state index in [1.54, 1.807) is 0 Å². The lowest BCUT2D eigenvalue weighted by Crippen LogP contribution is -2.33. The SMILES string of the molecule is COc1ccc(Cc2cc([C@H]3C[C@@H](O)C[C@@H](CO)O3)ccc2C)c(F)c1F. The van der Waals surface area contributed by atoms with Gasteiger partial charge in [0.25, 0.3) is 0 Å². The molecule has 1 heterocycles. The second kappa shape index (κ2) is 8.33. The molecule has 27 heavy (non-hydrogen) atoms. The zero-order valence-electron chi connectivity index (χ0n) is 15.4. The minimum atomic E-state index is -0.992. The lowest BCUT2D eigenvalue weighted by atomic mass is 9.92. The van der Waals surface area contributed by atoms with Crippen molar-refractivity contribution in [3.8, 4) is 5.75 Å². The predicted octanol–water partition coefficient (Wildman–Crippen LogP) is 3.45. The molecule has 2 aromatic carbocycles. The fourth-order valence-electron chi connectivity index (χ4n) is 3.48. The number of hydrogen-bond donors (Lipinski definition) is 2. The quantitative estimate of drug-likeness (QED) is 0.837. The van der Waals surface area contributed by atoms with E-state index in [1.165, 1.54) is 19.2 Å². The highest BCUT2D eigenvalue weighted by molar-refractivity contribution is 5.39. The first-order valence-corrected chi connectivity index (χ1v) is 8.97. The van der Waals surface area contributed by atoms with Gasteiger partial charge < -0.3 is 19.7 Å². The molecule has 1 fully saturated rings. The Morgan fingerprint density at radius 1 is 1.11 bits per heavy atom. The number of rotatable bonds is 5. The van der Waals surface area contributed by atoms with Crippen LogP contribution >= 0.6 is 0 Å². The molecule has 0 aromatic heterocycles. The van der Waals surface area contributed by atoms with Crippen LogP contribution in [0.4, 0.5) is 8.78 Å². The number of benzene rings is 2. The molecule has 146 valence electrons. The molecule has 2 aromatic rings. The molecule has 4 nitrogen and oxygen atoms in total. The summed E-state index contributed by atoms with van der Waals surface area (Å²) >= 11 is 0. The van der Waals surface area contributed by atoms with Crippen molar-refractivity contribution in [3.63, 3.8) is 0 Å². The van der Waals surface area contributed by atoms with Crippen molar-refractivity contribution in [2.24, 2.45) is 0 Å². The van der Waals surface area contributed by atoms with Crippen molar-refractivity contribution in [1.82, 2.24) is 0 Å². The standard InChI is InChI=1S/C21H24F2O4/c1-12-3-4-13(19-10-16(25)9-17(11-24)27-19)7-15(12)8-14-5-6-18(26-2)21(23)20(14)22/h3-7,16-17,19,24-25H,8-11H2,1-2H3/t16-,17-,19+/m0/s1. The number of aliphatic hydroxyl groups excluding tert-OH is 2. The first kappa shape index (κ1) is 19.7. The van der Waals surface area contributed by atoms with E-state index in [1.807, 2.05) is 25.1 Å². The maximum Gasteiger partial charge on any atom is 0.200 e. The summed E-state index contributed by atoms with van der Waals surface area (Å²) in [6.07, 6.45) is -0.226. The van der Waals surface area contributed by atoms with Gasteiger partial charge in [-0.25, -0.2) is 4.39 Å². The van der Waals surface area contributed by atoms with Gasteiger partial charge in [-0.05, 0) is 35.2 Å². The van der Waals surface area contributed by atoms with E-state index >= 15 is 0 Å². The second-order valence-corrected chi connectivity index (χ2v) is 6.97. The fourth-order valence-corrected chi connectivity index (χ4v) is 3.48. The third-order valence-corrected chi connectivity index (χ3v) is 5.05. The topological polar surface area (TPSA) is 58.9 Å². The lowest BCUT2D eigenvalue weighted by molar-refractivity contribution is -0.113. The minimum absolute atomic E-state index is 0.124. The number of methoxy groups -OCH3 is 1. The Morgan fingerprint density at radius 3 is 2.59 bits per heavy atom. The first-order chi connectivity index (χ1) is 12.9. The van der Waals surface area contributed by atoms with Crippen LogP contribution in [0.1, 0.15) is 41.2 Å². The van der Waals surface area contributed by atoms with E-state index in [-0.39, 0.29) is 30.4 Å². The summed E-state index contributed by atoms with van der Waals surface area (Å²) in [6, 6.07) is 8.64. The third kappa shape index (κ3) is 4.29. The van der Waals surface area contributed by atoms with E-state index < -0.39 is 23.8 Å². The molecule has 3 atom stereocenters. The molecular weight excluding hydrogens is 354 g/mol. The van der Waals surface area contributed by atoms with Crippen LogP contribution in [-0.2, 0) is 11.2 Å². The highest BCUT2D eigenvalue weighted by Gasteiger charge is 2.29. The molecule has 0 aliphatic carbocycles. The number of aliphatic hydroxyl groups is 2. The predicted molar refractivity (Wildman–Crippen MR) is 96.8 cm³/mol. The van der Waals surface area contributed by atoms with Gasteiger partial charge in [-0.1, -0.05) is 24.3 Å². The largest absolute Gasteiger partial charge is 0.494 e. The summed E-state index contributed by atoms with van der Waals surface area (Å²) in [7, 11) is 1.30.